The summed E-state index contributed by atoms with van der Waals surface area (Å²) in [5.41, 5.74) is 1.65. The van der Waals surface area contributed by atoms with Crippen LogP contribution in [0.1, 0.15) is 10.5 Å². The molecule has 0 aliphatic heterocycles. The molecule has 2 heterocycles. The second-order valence-electron chi connectivity index (χ2n) is 7.45. The van der Waals surface area contributed by atoms with E-state index < -0.39 is 17.5 Å². The molecule has 0 spiro atoms. The van der Waals surface area contributed by atoms with E-state index in [1.54, 1.807) is 6.07 Å². The summed E-state index contributed by atoms with van der Waals surface area (Å²) in [4.78, 5) is 25.4. The number of anilines is 3. The Balaban J connectivity index is 1.38. The number of carbonyl (C=O) groups excluding carboxylic acids is 1. The van der Waals surface area contributed by atoms with Crippen LogP contribution in [0.5, 0.6) is 0 Å². The van der Waals surface area contributed by atoms with Gasteiger partial charge in [0.15, 0.2) is 0 Å². The molecule has 166 valence electrons. The Labute approximate surface area is 193 Å². The molecule has 1 amide bonds. The fourth-order valence-corrected chi connectivity index (χ4v) is 3.56. The molecule has 0 saturated heterocycles. The van der Waals surface area contributed by atoms with Gasteiger partial charge in [0, 0.05) is 35.3 Å². The van der Waals surface area contributed by atoms with Gasteiger partial charge in [-0.2, -0.15) is 0 Å². The number of amides is 1. The minimum absolute atomic E-state index is 0.104. The number of hydrogen-bond donors (Lipinski definition) is 2. The van der Waals surface area contributed by atoms with Crippen molar-refractivity contribution in [3.8, 4) is 11.1 Å². The highest BCUT2D eigenvalue weighted by Gasteiger charge is 2.15. The molecule has 0 bridgehead atoms. The van der Waals surface area contributed by atoms with Crippen molar-refractivity contribution in [3.63, 3.8) is 0 Å². The Morgan fingerprint density at radius 1 is 0.824 bits per heavy atom. The van der Waals surface area contributed by atoms with E-state index >= 15 is 0 Å². The molecule has 5 rings (SSSR count). The highest BCUT2D eigenvalue weighted by molar-refractivity contribution is 6.05. The predicted molar refractivity (Wildman–Crippen MR) is 127 cm³/mol. The first-order chi connectivity index (χ1) is 16.6. The van der Waals surface area contributed by atoms with Crippen LogP contribution in [0.4, 0.5) is 26.1 Å². The molecule has 8 heteroatoms. The summed E-state index contributed by atoms with van der Waals surface area (Å²) in [7, 11) is 0. The molecular formula is C26H17F2N5O. The molecule has 0 fully saturated rings. The first-order valence-electron chi connectivity index (χ1n) is 10.4. The van der Waals surface area contributed by atoms with Crippen LogP contribution in [0.2, 0.25) is 0 Å². The zero-order valence-corrected chi connectivity index (χ0v) is 17.7. The fraction of sp³-hybridized carbons (Fsp3) is 0. The smallest absolute Gasteiger partial charge is 0.274 e. The Kier molecular flexibility index (Phi) is 5.61. The molecule has 5 aromatic rings. The molecule has 0 aliphatic rings. The third kappa shape index (κ3) is 4.42. The van der Waals surface area contributed by atoms with Crippen LogP contribution in [-0.4, -0.2) is 20.9 Å². The lowest BCUT2D eigenvalue weighted by Crippen LogP contribution is -2.15. The summed E-state index contributed by atoms with van der Waals surface area (Å²) in [6, 6.07) is 20.0. The summed E-state index contributed by atoms with van der Waals surface area (Å²) >= 11 is 0. The SMILES string of the molecule is O=C(Nc1cnccc1-c1ccc(F)cc1F)c1ccnc(Nc2ccc3ccccc3c2)n1. The van der Waals surface area contributed by atoms with E-state index in [0.29, 0.717) is 5.56 Å². The van der Waals surface area contributed by atoms with Crippen LogP contribution >= 0.6 is 0 Å². The molecule has 3 aromatic carbocycles. The number of nitrogens with one attached hydrogen (secondary N) is 2. The quantitative estimate of drug-likeness (QED) is 0.343. The van der Waals surface area contributed by atoms with E-state index in [1.807, 2.05) is 42.5 Å². The maximum absolute atomic E-state index is 14.3. The molecule has 0 saturated carbocycles. The number of halogens is 2. The highest BCUT2D eigenvalue weighted by atomic mass is 19.1. The van der Waals surface area contributed by atoms with Crippen molar-refractivity contribution in [2.24, 2.45) is 0 Å². The minimum atomic E-state index is -0.745. The van der Waals surface area contributed by atoms with Crippen LogP contribution in [0, 0.1) is 11.6 Å². The van der Waals surface area contributed by atoms with Gasteiger partial charge >= 0.3 is 0 Å². The number of hydrogen-bond acceptors (Lipinski definition) is 5. The highest BCUT2D eigenvalue weighted by Crippen LogP contribution is 2.30. The summed E-state index contributed by atoms with van der Waals surface area (Å²) in [6.07, 6.45) is 4.32. The predicted octanol–water partition coefficient (Wildman–Crippen LogP) is 5.97. The molecule has 0 radical (unpaired) electrons. The van der Waals surface area contributed by atoms with E-state index in [-0.39, 0.29) is 22.9 Å². The molecule has 2 aromatic heterocycles. The summed E-state index contributed by atoms with van der Waals surface area (Å²) in [5, 5.41) is 7.97. The summed E-state index contributed by atoms with van der Waals surface area (Å²) < 4.78 is 27.7. The van der Waals surface area contributed by atoms with E-state index in [9.17, 15) is 13.6 Å². The van der Waals surface area contributed by atoms with Crippen LogP contribution in [-0.2, 0) is 0 Å². The lowest BCUT2D eigenvalue weighted by atomic mass is 10.0. The molecule has 0 atom stereocenters. The van der Waals surface area contributed by atoms with E-state index in [1.165, 1.54) is 30.7 Å². The van der Waals surface area contributed by atoms with Gasteiger partial charge in [-0.1, -0.05) is 30.3 Å². The number of pyridine rings is 1. The van der Waals surface area contributed by atoms with Crippen molar-refractivity contribution < 1.29 is 13.6 Å². The lowest BCUT2D eigenvalue weighted by Gasteiger charge is -2.12. The number of carbonyl (C=O) groups is 1. The molecule has 2 N–H and O–H groups in total. The third-order valence-electron chi connectivity index (χ3n) is 5.18. The van der Waals surface area contributed by atoms with Crippen LogP contribution in [0.3, 0.4) is 0 Å². The topological polar surface area (TPSA) is 79.8 Å². The molecular weight excluding hydrogens is 436 g/mol. The maximum atomic E-state index is 14.3. The summed E-state index contributed by atoms with van der Waals surface area (Å²) in [6.45, 7) is 0. The summed E-state index contributed by atoms with van der Waals surface area (Å²) in [5.74, 6) is -1.71. The van der Waals surface area contributed by atoms with Gasteiger partial charge in [0.05, 0.1) is 11.9 Å². The standard InChI is InChI=1S/C26H17F2N5O/c27-18-6-8-20(22(28)14-18)21-9-11-29-15-24(21)32-25(34)23-10-12-30-26(33-23)31-19-7-5-16-3-1-2-4-17(16)13-19/h1-15H,(H,32,34)(H,30,31,33). The van der Waals surface area contributed by atoms with Gasteiger partial charge in [0.2, 0.25) is 5.95 Å². The van der Waals surface area contributed by atoms with E-state index in [4.69, 9.17) is 0 Å². The second-order valence-corrected chi connectivity index (χ2v) is 7.45. The zero-order chi connectivity index (χ0) is 23.5. The van der Waals surface area contributed by atoms with Crippen LogP contribution < -0.4 is 10.6 Å². The fourth-order valence-electron chi connectivity index (χ4n) is 3.56. The number of aromatic nitrogens is 3. The van der Waals surface area contributed by atoms with Gasteiger partial charge in [0.25, 0.3) is 5.91 Å². The first-order valence-corrected chi connectivity index (χ1v) is 10.4. The normalized spacial score (nSPS) is 10.8. The van der Waals surface area contributed by atoms with Crippen molar-refractivity contribution in [2.75, 3.05) is 10.6 Å². The number of benzene rings is 3. The Bertz CT molecular complexity index is 1520. The number of fused-ring (bicyclic) bond motifs is 1. The maximum Gasteiger partial charge on any atom is 0.274 e. The van der Waals surface area contributed by atoms with Crippen LogP contribution in [0.25, 0.3) is 21.9 Å². The van der Waals surface area contributed by atoms with Gasteiger partial charge in [-0.15, -0.1) is 0 Å². The van der Waals surface area contributed by atoms with Gasteiger partial charge < -0.3 is 10.6 Å². The van der Waals surface area contributed by atoms with Crippen molar-refractivity contribution in [1.82, 2.24) is 15.0 Å². The van der Waals surface area contributed by atoms with Gasteiger partial charge in [-0.05, 0) is 47.2 Å². The molecule has 34 heavy (non-hydrogen) atoms. The van der Waals surface area contributed by atoms with Crippen molar-refractivity contribution >= 4 is 34.0 Å². The number of rotatable bonds is 5. The average Bonchev–Trinajstić information content (AvgIpc) is 2.85. The third-order valence-corrected chi connectivity index (χ3v) is 5.18. The molecule has 6 nitrogen and oxygen atoms in total. The Hall–Kier alpha value is -4.72. The zero-order valence-electron chi connectivity index (χ0n) is 17.7. The Morgan fingerprint density at radius 3 is 2.53 bits per heavy atom. The minimum Gasteiger partial charge on any atom is -0.324 e. The van der Waals surface area contributed by atoms with Crippen molar-refractivity contribution in [1.29, 1.82) is 0 Å². The van der Waals surface area contributed by atoms with Crippen molar-refractivity contribution in [2.45, 2.75) is 0 Å². The number of nitrogens with zero attached hydrogens (tertiary/aromatic N) is 3. The Morgan fingerprint density at radius 2 is 1.68 bits per heavy atom. The van der Waals surface area contributed by atoms with Gasteiger partial charge in [-0.3, -0.25) is 9.78 Å². The average molecular weight is 453 g/mol. The first kappa shape index (κ1) is 21.1. The van der Waals surface area contributed by atoms with Crippen molar-refractivity contribution in [3.05, 3.63) is 109 Å². The van der Waals surface area contributed by atoms with Crippen LogP contribution in [0.15, 0.2) is 91.4 Å². The monoisotopic (exact) mass is 453 g/mol. The van der Waals surface area contributed by atoms with E-state index in [2.05, 4.69) is 25.6 Å². The largest absolute Gasteiger partial charge is 0.324 e. The van der Waals surface area contributed by atoms with E-state index in [0.717, 1.165) is 28.6 Å². The van der Waals surface area contributed by atoms with Gasteiger partial charge in [0.1, 0.15) is 17.3 Å². The van der Waals surface area contributed by atoms with Gasteiger partial charge in [-0.25, -0.2) is 18.7 Å². The molecule has 0 unspecified atom stereocenters. The second kappa shape index (κ2) is 9.03. The lowest BCUT2D eigenvalue weighted by molar-refractivity contribution is 0.102. The molecule has 0 aliphatic carbocycles.